The van der Waals surface area contributed by atoms with E-state index in [1.54, 1.807) is 29.6 Å². The van der Waals surface area contributed by atoms with Crippen LogP contribution in [0.3, 0.4) is 0 Å². The molecule has 0 bridgehead atoms. The molecule has 0 saturated heterocycles. The van der Waals surface area contributed by atoms with Crippen molar-refractivity contribution >= 4 is 35.3 Å². The van der Waals surface area contributed by atoms with Crippen LogP contribution in [-0.2, 0) is 4.79 Å². The fourth-order valence-corrected chi connectivity index (χ4v) is 4.10. The summed E-state index contributed by atoms with van der Waals surface area (Å²) >= 11 is 3.27. The van der Waals surface area contributed by atoms with Crippen LogP contribution in [0.15, 0.2) is 103 Å². The topological polar surface area (TPSA) is 29.4 Å². The number of isocyanates is 1. The second kappa shape index (κ2) is 7.84. The summed E-state index contributed by atoms with van der Waals surface area (Å²) in [6.45, 7) is 0. The van der Waals surface area contributed by atoms with Crippen LogP contribution in [0.2, 0.25) is 0 Å². The molecule has 0 heterocycles. The van der Waals surface area contributed by atoms with Crippen LogP contribution in [0.25, 0.3) is 0 Å². The number of hydrogen-bond donors (Lipinski definition) is 0. The highest BCUT2D eigenvalue weighted by Crippen LogP contribution is 2.43. The van der Waals surface area contributed by atoms with Crippen molar-refractivity contribution in [3.05, 3.63) is 78.9 Å². The zero-order valence-electron chi connectivity index (χ0n) is 12.2. The monoisotopic (exact) mass is 335 g/mol. The van der Waals surface area contributed by atoms with E-state index in [0.29, 0.717) is 5.69 Å². The van der Waals surface area contributed by atoms with Gasteiger partial charge >= 0.3 is 0 Å². The number of carbonyl (C=O) groups excluding carboxylic acids is 1. The molecule has 0 N–H and O–H groups in total. The van der Waals surface area contributed by atoms with E-state index in [2.05, 4.69) is 17.1 Å². The van der Waals surface area contributed by atoms with Crippen molar-refractivity contribution < 1.29 is 4.79 Å². The SMILES string of the molecule is O=C=Nc1cccc(Sc2ccccc2)c1Sc1ccccc1. The summed E-state index contributed by atoms with van der Waals surface area (Å²) in [4.78, 5) is 18.9. The van der Waals surface area contributed by atoms with Gasteiger partial charge in [-0.1, -0.05) is 66.0 Å². The number of nitrogens with zero attached hydrogens (tertiary/aromatic N) is 1. The molecule has 0 amide bonds. The number of hydrogen-bond acceptors (Lipinski definition) is 4. The second-order valence-electron chi connectivity index (χ2n) is 4.64. The van der Waals surface area contributed by atoms with E-state index in [0.717, 1.165) is 19.6 Å². The lowest BCUT2D eigenvalue weighted by molar-refractivity contribution is 0.565. The molecule has 0 atom stereocenters. The maximum absolute atomic E-state index is 10.7. The molecule has 0 aliphatic carbocycles. The lowest BCUT2D eigenvalue weighted by Gasteiger charge is -2.11. The Hall–Kier alpha value is -2.26. The Morgan fingerprint density at radius 2 is 1.30 bits per heavy atom. The van der Waals surface area contributed by atoms with Gasteiger partial charge in [0.05, 0.1) is 10.6 Å². The summed E-state index contributed by atoms with van der Waals surface area (Å²) in [6, 6.07) is 26.0. The first-order valence-corrected chi connectivity index (χ1v) is 8.67. The Bertz CT molecular complexity index is 829. The third-order valence-corrected chi connectivity index (χ3v) is 5.40. The lowest BCUT2D eigenvalue weighted by atomic mass is 10.3. The van der Waals surface area contributed by atoms with Crippen molar-refractivity contribution in [1.29, 1.82) is 0 Å². The quantitative estimate of drug-likeness (QED) is 0.426. The molecule has 3 rings (SSSR count). The van der Waals surface area contributed by atoms with Gasteiger partial charge in [0.25, 0.3) is 0 Å². The molecule has 112 valence electrons. The van der Waals surface area contributed by atoms with Gasteiger partial charge in [-0.3, -0.25) is 0 Å². The molecule has 0 radical (unpaired) electrons. The Morgan fingerprint density at radius 1 is 0.696 bits per heavy atom. The molecule has 0 aliphatic heterocycles. The van der Waals surface area contributed by atoms with Gasteiger partial charge < -0.3 is 0 Å². The van der Waals surface area contributed by atoms with E-state index >= 15 is 0 Å². The second-order valence-corrected chi connectivity index (χ2v) is 6.84. The highest BCUT2D eigenvalue weighted by molar-refractivity contribution is 8.02. The lowest BCUT2D eigenvalue weighted by Crippen LogP contribution is -1.82. The summed E-state index contributed by atoms with van der Waals surface area (Å²) < 4.78 is 0. The van der Waals surface area contributed by atoms with E-state index < -0.39 is 0 Å². The van der Waals surface area contributed by atoms with Gasteiger partial charge in [-0.05, 0) is 36.4 Å². The Kier molecular flexibility index (Phi) is 5.33. The van der Waals surface area contributed by atoms with Gasteiger partial charge in [-0.15, -0.1) is 0 Å². The first kappa shape index (κ1) is 15.6. The molecule has 3 aromatic carbocycles. The number of aliphatic imine (C=N–C) groups is 1. The van der Waals surface area contributed by atoms with Gasteiger partial charge in [0.15, 0.2) is 0 Å². The molecule has 0 unspecified atom stereocenters. The average Bonchev–Trinajstić information content (AvgIpc) is 2.60. The maximum Gasteiger partial charge on any atom is 0.240 e. The van der Waals surface area contributed by atoms with Gasteiger partial charge in [-0.2, -0.15) is 4.99 Å². The van der Waals surface area contributed by atoms with E-state index in [-0.39, 0.29) is 0 Å². The minimum Gasteiger partial charge on any atom is -0.211 e. The summed E-state index contributed by atoms with van der Waals surface area (Å²) in [5.41, 5.74) is 0.648. The van der Waals surface area contributed by atoms with Crippen molar-refractivity contribution in [1.82, 2.24) is 0 Å². The van der Waals surface area contributed by atoms with Crippen LogP contribution in [0.1, 0.15) is 0 Å². The summed E-state index contributed by atoms with van der Waals surface area (Å²) in [5.74, 6) is 0. The minimum absolute atomic E-state index is 0.648. The van der Waals surface area contributed by atoms with E-state index in [1.165, 1.54) is 0 Å². The third-order valence-electron chi connectivity index (χ3n) is 3.06. The predicted octanol–water partition coefficient (Wildman–Crippen LogP) is 5.96. The van der Waals surface area contributed by atoms with Gasteiger partial charge in [0, 0.05) is 14.7 Å². The number of rotatable bonds is 5. The zero-order chi connectivity index (χ0) is 15.9. The molecule has 0 spiro atoms. The molecular weight excluding hydrogens is 322 g/mol. The fraction of sp³-hybridized carbons (Fsp3) is 0. The van der Waals surface area contributed by atoms with E-state index in [1.807, 2.05) is 66.7 Å². The molecule has 0 fully saturated rings. The molecule has 4 heteroatoms. The molecule has 0 aromatic heterocycles. The maximum atomic E-state index is 10.7. The first-order valence-electron chi connectivity index (χ1n) is 7.03. The molecule has 0 saturated carbocycles. The van der Waals surface area contributed by atoms with Crippen LogP contribution in [0.5, 0.6) is 0 Å². The highest BCUT2D eigenvalue weighted by atomic mass is 32.2. The highest BCUT2D eigenvalue weighted by Gasteiger charge is 2.11. The normalized spacial score (nSPS) is 10.1. The summed E-state index contributed by atoms with van der Waals surface area (Å²) in [6.07, 6.45) is 1.65. The van der Waals surface area contributed by atoms with Crippen molar-refractivity contribution in [2.75, 3.05) is 0 Å². The molecule has 3 aromatic rings. The van der Waals surface area contributed by atoms with Crippen molar-refractivity contribution in [3.8, 4) is 0 Å². The van der Waals surface area contributed by atoms with Gasteiger partial charge in [0.2, 0.25) is 6.08 Å². The zero-order valence-corrected chi connectivity index (χ0v) is 13.8. The first-order chi connectivity index (χ1) is 11.4. The van der Waals surface area contributed by atoms with E-state index in [9.17, 15) is 4.79 Å². The van der Waals surface area contributed by atoms with Gasteiger partial charge in [0.1, 0.15) is 0 Å². The smallest absolute Gasteiger partial charge is 0.211 e. The van der Waals surface area contributed by atoms with Crippen LogP contribution < -0.4 is 0 Å². The standard InChI is InChI=1S/C19H13NOS2/c21-14-20-17-12-7-13-18(22-15-8-3-1-4-9-15)19(17)23-16-10-5-2-6-11-16/h1-13H. The third kappa shape index (κ3) is 4.14. The predicted molar refractivity (Wildman–Crippen MR) is 95.4 cm³/mol. The number of benzene rings is 3. The Balaban J connectivity index is 2.01. The molecular formula is C19H13NOS2. The fourth-order valence-electron chi connectivity index (χ4n) is 2.05. The van der Waals surface area contributed by atoms with Crippen LogP contribution in [0.4, 0.5) is 5.69 Å². The molecule has 23 heavy (non-hydrogen) atoms. The van der Waals surface area contributed by atoms with Crippen LogP contribution in [-0.4, -0.2) is 6.08 Å². The van der Waals surface area contributed by atoms with Crippen LogP contribution >= 0.6 is 23.5 Å². The largest absolute Gasteiger partial charge is 0.240 e. The minimum atomic E-state index is 0.648. The summed E-state index contributed by atoms with van der Waals surface area (Å²) in [7, 11) is 0. The molecule has 2 nitrogen and oxygen atoms in total. The van der Waals surface area contributed by atoms with E-state index in [4.69, 9.17) is 0 Å². The van der Waals surface area contributed by atoms with Gasteiger partial charge in [-0.25, -0.2) is 4.79 Å². The molecule has 0 aliphatic rings. The Labute approximate surface area is 143 Å². The van der Waals surface area contributed by atoms with Crippen molar-refractivity contribution in [3.63, 3.8) is 0 Å². The summed E-state index contributed by atoms with van der Waals surface area (Å²) in [5, 5.41) is 0. The average molecular weight is 335 g/mol. The van der Waals surface area contributed by atoms with Crippen molar-refractivity contribution in [2.45, 2.75) is 19.6 Å². The van der Waals surface area contributed by atoms with Crippen molar-refractivity contribution in [2.24, 2.45) is 4.99 Å². The van der Waals surface area contributed by atoms with Crippen LogP contribution in [0, 0.1) is 0 Å². The Morgan fingerprint density at radius 3 is 1.91 bits per heavy atom.